The maximum Gasteiger partial charge on any atom is 0.129 e. The van der Waals surface area contributed by atoms with Crippen LogP contribution in [0.2, 0.25) is 19.6 Å². The highest BCUT2D eigenvalue weighted by Crippen LogP contribution is 2.71. The van der Waals surface area contributed by atoms with E-state index in [1.165, 1.54) is 48.2 Å². The fraction of sp³-hybridized carbons (Fsp3) is 0.538. The van der Waals surface area contributed by atoms with Crippen molar-refractivity contribution >= 4 is 13.6 Å². The van der Waals surface area contributed by atoms with E-state index in [2.05, 4.69) is 93.4 Å². The summed E-state index contributed by atoms with van der Waals surface area (Å²) in [4.78, 5) is 2.42. The summed E-state index contributed by atoms with van der Waals surface area (Å²) in [7, 11) is 2.96. The van der Waals surface area contributed by atoms with Crippen LogP contribution in [0.1, 0.15) is 38.2 Å². The van der Waals surface area contributed by atoms with Crippen LogP contribution in [0.15, 0.2) is 47.7 Å². The van der Waals surface area contributed by atoms with Crippen molar-refractivity contribution in [1.82, 2.24) is 4.90 Å². The smallest absolute Gasteiger partial charge is 0.129 e. The van der Waals surface area contributed by atoms with E-state index >= 15 is 0 Å². The molecular formula is C26H35NOSi. The Morgan fingerprint density at radius 2 is 1.86 bits per heavy atom. The third-order valence-corrected chi connectivity index (χ3v) is 7.87. The Morgan fingerprint density at radius 3 is 2.48 bits per heavy atom. The summed E-state index contributed by atoms with van der Waals surface area (Å²) in [6.45, 7) is 9.85. The van der Waals surface area contributed by atoms with Crippen LogP contribution in [0.5, 0.6) is 0 Å². The molecule has 0 spiro atoms. The Bertz CT molecular complexity index is 912. The average Bonchev–Trinajstić information content (AvgIpc) is 3.11. The Kier molecular flexibility index (Phi) is 5.08. The van der Waals surface area contributed by atoms with Crippen LogP contribution < -0.4 is 0 Å². The second-order valence-corrected chi connectivity index (χ2v) is 14.8. The van der Waals surface area contributed by atoms with Crippen molar-refractivity contribution in [3.05, 3.63) is 53.3 Å². The maximum atomic E-state index is 6.38. The van der Waals surface area contributed by atoms with Crippen molar-refractivity contribution in [1.29, 1.82) is 0 Å². The van der Waals surface area contributed by atoms with Gasteiger partial charge >= 0.3 is 0 Å². The molecule has 0 unspecified atom stereocenters. The van der Waals surface area contributed by atoms with Gasteiger partial charge in [0, 0.05) is 11.5 Å². The number of benzene rings is 1. The van der Waals surface area contributed by atoms with E-state index < -0.39 is 8.07 Å². The van der Waals surface area contributed by atoms with Gasteiger partial charge in [-0.2, -0.15) is 0 Å². The molecule has 2 bridgehead atoms. The molecule has 0 heterocycles. The minimum atomic E-state index is -1.50. The monoisotopic (exact) mass is 405 g/mol. The predicted octanol–water partition coefficient (Wildman–Crippen LogP) is 5.75. The maximum absolute atomic E-state index is 6.38. The van der Waals surface area contributed by atoms with Crippen LogP contribution in [0.25, 0.3) is 5.57 Å². The van der Waals surface area contributed by atoms with Gasteiger partial charge in [0.25, 0.3) is 0 Å². The minimum Gasteiger partial charge on any atom is -0.498 e. The zero-order valence-corrected chi connectivity index (χ0v) is 19.9. The molecule has 3 heteroatoms. The highest BCUT2D eigenvalue weighted by molar-refractivity contribution is 6.83. The van der Waals surface area contributed by atoms with Crippen LogP contribution in [-0.4, -0.2) is 39.2 Å². The summed E-state index contributed by atoms with van der Waals surface area (Å²) in [5.74, 6) is 5.51. The summed E-state index contributed by atoms with van der Waals surface area (Å²) in [5, 5.41) is 0. The van der Waals surface area contributed by atoms with E-state index in [1.54, 1.807) is 0 Å². The highest BCUT2D eigenvalue weighted by Gasteiger charge is 2.68. The predicted molar refractivity (Wildman–Crippen MR) is 125 cm³/mol. The lowest BCUT2D eigenvalue weighted by atomic mass is 9.63. The lowest BCUT2D eigenvalue weighted by molar-refractivity contribution is 0.0771. The molecule has 2 nitrogen and oxygen atoms in total. The molecule has 0 aliphatic heterocycles. The van der Waals surface area contributed by atoms with Gasteiger partial charge in [-0.15, -0.1) is 5.54 Å². The first-order valence-corrected chi connectivity index (χ1v) is 14.6. The molecule has 0 N–H and O–H groups in total. The lowest BCUT2D eigenvalue weighted by Crippen LogP contribution is -2.49. The lowest BCUT2D eigenvalue weighted by Gasteiger charge is -2.43. The van der Waals surface area contributed by atoms with Gasteiger partial charge in [0.15, 0.2) is 0 Å². The Hall–Kier alpha value is -1.76. The first-order valence-electron chi connectivity index (χ1n) is 11.1. The number of nitrogens with zero attached hydrogens (tertiary/aromatic N) is 1. The fourth-order valence-corrected chi connectivity index (χ4v) is 6.49. The molecule has 0 saturated heterocycles. The second-order valence-electron chi connectivity index (χ2n) is 10.0. The molecule has 0 aromatic heterocycles. The van der Waals surface area contributed by atoms with Crippen LogP contribution in [-0.2, 0) is 4.74 Å². The van der Waals surface area contributed by atoms with Crippen molar-refractivity contribution in [3.63, 3.8) is 0 Å². The van der Waals surface area contributed by atoms with Gasteiger partial charge in [-0.3, -0.25) is 4.90 Å². The Balaban J connectivity index is 2.05. The fourth-order valence-electron chi connectivity index (χ4n) is 5.99. The van der Waals surface area contributed by atoms with E-state index in [0.29, 0.717) is 5.92 Å². The zero-order chi connectivity index (χ0) is 20.9. The van der Waals surface area contributed by atoms with Gasteiger partial charge in [0.05, 0.1) is 17.6 Å². The molecule has 3 aliphatic rings. The van der Waals surface area contributed by atoms with Crippen LogP contribution in [0.3, 0.4) is 0 Å². The third-order valence-electron chi connectivity index (χ3n) is 6.99. The molecule has 4 rings (SSSR count). The minimum absolute atomic E-state index is 0.0245. The van der Waals surface area contributed by atoms with Gasteiger partial charge in [-0.25, -0.2) is 0 Å². The molecule has 0 radical (unpaired) electrons. The molecular weight excluding hydrogens is 370 g/mol. The van der Waals surface area contributed by atoms with Crippen molar-refractivity contribution in [2.24, 2.45) is 11.3 Å². The first-order chi connectivity index (χ1) is 13.8. The molecule has 0 amide bonds. The van der Waals surface area contributed by atoms with Crippen LogP contribution in [0, 0.1) is 22.8 Å². The van der Waals surface area contributed by atoms with E-state index in [-0.39, 0.29) is 11.0 Å². The number of ether oxygens (including phenoxy) is 1. The molecule has 1 fully saturated rings. The quantitative estimate of drug-likeness (QED) is 0.467. The summed E-state index contributed by atoms with van der Waals surface area (Å²) in [6.07, 6.45) is 7.41. The van der Waals surface area contributed by atoms with Crippen molar-refractivity contribution in [3.8, 4) is 11.5 Å². The van der Waals surface area contributed by atoms with Crippen LogP contribution in [0.4, 0.5) is 0 Å². The second kappa shape index (κ2) is 7.18. The van der Waals surface area contributed by atoms with E-state index in [1.807, 2.05) is 0 Å². The zero-order valence-electron chi connectivity index (χ0n) is 18.9. The van der Waals surface area contributed by atoms with E-state index in [4.69, 9.17) is 4.74 Å². The molecule has 1 aromatic rings. The van der Waals surface area contributed by atoms with Crippen LogP contribution >= 0.6 is 0 Å². The van der Waals surface area contributed by atoms with E-state index in [9.17, 15) is 0 Å². The molecule has 1 saturated carbocycles. The number of rotatable bonds is 4. The largest absolute Gasteiger partial charge is 0.498 e. The summed E-state index contributed by atoms with van der Waals surface area (Å²) >= 11 is 0. The van der Waals surface area contributed by atoms with Crippen molar-refractivity contribution in [2.75, 3.05) is 20.7 Å². The van der Waals surface area contributed by atoms with Gasteiger partial charge in [-0.1, -0.05) is 68.7 Å². The van der Waals surface area contributed by atoms with Crippen molar-refractivity contribution < 1.29 is 4.74 Å². The average molecular weight is 406 g/mol. The summed E-state index contributed by atoms with van der Waals surface area (Å²) < 4.78 is 6.38. The van der Waals surface area contributed by atoms with Crippen molar-refractivity contribution in [2.45, 2.75) is 57.8 Å². The topological polar surface area (TPSA) is 12.5 Å². The first kappa shape index (κ1) is 20.5. The molecule has 154 valence electrons. The van der Waals surface area contributed by atoms with Gasteiger partial charge in [0.1, 0.15) is 13.8 Å². The SMILES string of the molecule is CCOC1=C[C@@]2(N(C)C)C(C#C[Si](C)(C)C)=C(c3ccccc3)[C@@]13CCCC[C@H]32. The van der Waals surface area contributed by atoms with Gasteiger partial charge in [-0.05, 0) is 51.1 Å². The number of hydrogen-bond acceptors (Lipinski definition) is 2. The number of allylic oxidation sites excluding steroid dienone is 1. The van der Waals surface area contributed by atoms with E-state index in [0.717, 1.165) is 6.61 Å². The highest BCUT2D eigenvalue weighted by atomic mass is 28.3. The Labute approximate surface area is 178 Å². The molecule has 3 atom stereocenters. The summed E-state index contributed by atoms with van der Waals surface area (Å²) in [6, 6.07) is 11.0. The standard InChI is InChI=1S/C26H35NOSi/c1-7-28-23-19-26(27(2)3)21(16-18-29(4,5)6)24(20-13-9-8-10-14-20)25(23)17-12-11-15-22(25)26/h8-10,13-14,19,22H,7,11-12,15,17H2,1-6H3/t22-,25-,26-/m1/s1. The Morgan fingerprint density at radius 1 is 1.14 bits per heavy atom. The molecule has 29 heavy (non-hydrogen) atoms. The number of likely N-dealkylation sites (N-methyl/N-ethyl adjacent to an activating group) is 1. The number of hydrogen-bond donors (Lipinski definition) is 0. The molecule has 1 aromatic carbocycles. The normalized spacial score (nSPS) is 30.7. The van der Waals surface area contributed by atoms with Gasteiger partial charge in [0.2, 0.25) is 0 Å². The molecule has 3 aliphatic carbocycles. The third kappa shape index (κ3) is 2.95. The summed E-state index contributed by atoms with van der Waals surface area (Å²) in [5.41, 5.74) is 7.66. The van der Waals surface area contributed by atoms with Gasteiger partial charge < -0.3 is 4.74 Å².